The minimum atomic E-state index is -0.909. The monoisotopic (exact) mass is 329 g/mol. The number of ether oxygens (including phenoxy) is 1. The second-order valence-electron chi connectivity index (χ2n) is 6.11. The smallest absolute Gasteiger partial charge is 0.339 e. The highest BCUT2D eigenvalue weighted by Gasteiger charge is 2.21. The van der Waals surface area contributed by atoms with Crippen molar-refractivity contribution in [1.82, 2.24) is 9.78 Å². The molecule has 0 radical (unpaired) electrons. The highest BCUT2D eigenvalue weighted by molar-refractivity contribution is 5.97. The first-order chi connectivity index (χ1) is 11.3. The third-order valence-electron chi connectivity index (χ3n) is 3.68. The van der Waals surface area contributed by atoms with Crippen LogP contribution < -0.4 is 5.32 Å². The van der Waals surface area contributed by atoms with Crippen molar-refractivity contribution in [2.24, 2.45) is 0 Å². The van der Waals surface area contributed by atoms with Gasteiger partial charge in [0, 0.05) is 12.1 Å². The predicted molar refractivity (Wildman–Crippen MR) is 92.0 cm³/mol. The van der Waals surface area contributed by atoms with E-state index in [0.717, 1.165) is 11.1 Å². The molecule has 0 aliphatic carbocycles. The van der Waals surface area contributed by atoms with E-state index in [0.29, 0.717) is 11.4 Å². The maximum absolute atomic E-state index is 12.3. The quantitative estimate of drug-likeness (QED) is 0.855. The zero-order valence-electron chi connectivity index (χ0n) is 14.7. The summed E-state index contributed by atoms with van der Waals surface area (Å²) in [4.78, 5) is 24.6. The van der Waals surface area contributed by atoms with Gasteiger partial charge in [-0.15, -0.1) is 0 Å². The number of rotatable bonds is 5. The summed E-state index contributed by atoms with van der Waals surface area (Å²) < 4.78 is 6.99. The van der Waals surface area contributed by atoms with Crippen LogP contribution in [-0.2, 0) is 9.53 Å². The Morgan fingerprint density at radius 1 is 1.17 bits per heavy atom. The van der Waals surface area contributed by atoms with Gasteiger partial charge in [0.15, 0.2) is 6.10 Å². The van der Waals surface area contributed by atoms with Gasteiger partial charge in [-0.2, -0.15) is 5.10 Å². The zero-order chi connectivity index (χ0) is 17.9. The molecule has 1 heterocycles. The Kier molecular flexibility index (Phi) is 5.39. The van der Waals surface area contributed by atoms with E-state index in [1.807, 2.05) is 39.8 Å². The molecule has 0 spiro atoms. The molecule has 0 bridgehead atoms. The molecule has 1 N–H and O–H groups in total. The maximum Gasteiger partial charge on any atom is 0.339 e. The number of amides is 1. The van der Waals surface area contributed by atoms with Gasteiger partial charge < -0.3 is 10.1 Å². The number of carbonyl (C=O) groups is 2. The van der Waals surface area contributed by atoms with Crippen molar-refractivity contribution < 1.29 is 14.3 Å². The second kappa shape index (κ2) is 7.29. The molecular formula is C18H23N3O3. The third kappa shape index (κ3) is 4.01. The average Bonchev–Trinajstić information content (AvgIpc) is 2.97. The molecule has 0 saturated carbocycles. The van der Waals surface area contributed by atoms with Gasteiger partial charge in [-0.1, -0.05) is 17.7 Å². The fraction of sp³-hybridized carbons (Fsp3) is 0.389. The lowest BCUT2D eigenvalue weighted by molar-refractivity contribution is -0.123. The number of anilines is 1. The van der Waals surface area contributed by atoms with Crippen LogP contribution in [0.2, 0.25) is 0 Å². The van der Waals surface area contributed by atoms with E-state index in [4.69, 9.17) is 4.74 Å². The van der Waals surface area contributed by atoms with Crippen molar-refractivity contribution in [2.45, 2.75) is 46.8 Å². The summed E-state index contributed by atoms with van der Waals surface area (Å²) in [6.45, 7) is 9.22. The topological polar surface area (TPSA) is 73.2 Å². The molecule has 1 aromatic carbocycles. The van der Waals surface area contributed by atoms with Crippen LogP contribution in [0.5, 0.6) is 0 Å². The lowest BCUT2D eigenvalue weighted by Gasteiger charge is -2.16. The van der Waals surface area contributed by atoms with Gasteiger partial charge in [0.25, 0.3) is 5.91 Å². The fourth-order valence-corrected chi connectivity index (χ4v) is 2.29. The summed E-state index contributed by atoms with van der Waals surface area (Å²) in [6, 6.07) is 7.36. The summed E-state index contributed by atoms with van der Waals surface area (Å²) in [6.07, 6.45) is 0.704. The van der Waals surface area contributed by atoms with Crippen LogP contribution >= 0.6 is 0 Å². The van der Waals surface area contributed by atoms with E-state index >= 15 is 0 Å². The van der Waals surface area contributed by atoms with E-state index in [9.17, 15) is 9.59 Å². The zero-order valence-corrected chi connectivity index (χ0v) is 14.7. The van der Waals surface area contributed by atoms with Crippen LogP contribution in [0, 0.1) is 13.8 Å². The van der Waals surface area contributed by atoms with Crippen LogP contribution in [0.15, 0.2) is 30.5 Å². The van der Waals surface area contributed by atoms with Gasteiger partial charge in [0.2, 0.25) is 0 Å². The molecule has 2 aromatic rings. The van der Waals surface area contributed by atoms with Crippen LogP contribution in [0.1, 0.15) is 48.3 Å². The predicted octanol–water partition coefficient (Wildman–Crippen LogP) is 3.26. The summed E-state index contributed by atoms with van der Waals surface area (Å²) >= 11 is 0. The number of nitrogens with zero attached hydrogens (tertiary/aromatic N) is 2. The Bertz CT molecular complexity index is 750. The average molecular weight is 329 g/mol. The van der Waals surface area contributed by atoms with E-state index in [2.05, 4.69) is 10.4 Å². The number of benzene rings is 1. The van der Waals surface area contributed by atoms with E-state index in [-0.39, 0.29) is 6.04 Å². The van der Waals surface area contributed by atoms with Gasteiger partial charge in [-0.25, -0.2) is 9.48 Å². The van der Waals surface area contributed by atoms with Crippen molar-refractivity contribution in [1.29, 1.82) is 0 Å². The molecule has 1 amide bonds. The van der Waals surface area contributed by atoms with Gasteiger partial charge in [0.05, 0.1) is 11.8 Å². The minimum absolute atomic E-state index is 0.114. The number of aromatic nitrogens is 2. The normalized spacial score (nSPS) is 12.1. The molecule has 128 valence electrons. The molecular weight excluding hydrogens is 306 g/mol. The summed E-state index contributed by atoms with van der Waals surface area (Å²) in [5, 5.41) is 6.89. The number of hydrogen-bond donors (Lipinski definition) is 1. The first kappa shape index (κ1) is 17.7. The lowest BCUT2D eigenvalue weighted by Crippen LogP contribution is -2.31. The standard InChI is InChI=1S/C18H23N3O3/c1-11(2)21-16(8-9-19-21)20-17(22)14(5)24-18(23)15-10-12(3)6-7-13(15)4/h6-11,14H,1-5H3,(H,20,22). The van der Waals surface area contributed by atoms with Gasteiger partial charge in [-0.3, -0.25) is 4.79 Å². The molecule has 0 aliphatic heterocycles. The van der Waals surface area contributed by atoms with Crippen molar-refractivity contribution in [2.75, 3.05) is 5.32 Å². The van der Waals surface area contributed by atoms with E-state index in [1.165, 1.54) is 0 Å². The van der Waals surface area contributed by atoms with Crippen molar-refractivity contribution in [3.63, 3.8) is 0 Å². The highest BCUT2D eigenvalue weighted by atomic mass is 16.5. The Morgan fingerprint density at radius 2 is 1.88 bits per heavy atom. The Balaban J connectivity index is 2.04. The molecule has 0 saturated heterocycles. The van der Waals surface area contributed by atoms with Crippen LogP contribution in [0.3, 0.4) is 0 Å². The number of hydrogen-bond acceptors (Lipinski definition) is 4. The van der Waals surface area contributed by atoms with E-state index in [1.54, 1.807) is 29.9 Å². The molecule has 24 heavy (non-hydrogen) atoms. The number of aryl methyl sites for hydroxylation is 2. The molecule has 6 nitrogen and oxygen atoms in total. The van der Waals surface area contributed by atoms with Crippen molar-refractivity contribution in [3.05, 3.63) is 47.2 Å². The van der Waals surface area contributed by atoms with Gasteiger partial charge in [-0.05, 0) is 46.2 Å². The number of nitrogens with one attached hydrogen (secondary N) is 1. The molecule has 0 fully saturated rings. The van der Waals surface area contributed by atoms with Gasteiger partial charge >= 0.3 is 5.97 Å². The van der Waals surface area contributed by atoms with Gasteiger partial charge in [0.1, 0.15) is 5.82 Å². The summed E-state index contributed by atoms with van der Waals surface area (Å²) in [5.74, 6) is -0.322. The number of carbonyl (C=O) groups excluding carboxylic acids is 2. The highest BCUT2D eigenvalue weighted by Crippen LogP contribution is 2.15. The lowest BCUT2D eigenvalue weighted by atomic mass is 10.1. The van der Waals surface area contributed by atoms with Crippen molar-refractivity contribution >= 4 is 17.7 Å². The Hall–Kier alpha value is -2.63. The molecule has 6 heteroatoms. The fourth-order valence-electron chi connectivity index (χ4n) is 2.29. The van der Waals surface area contributed by atoms with Crippen LogP contribution in [-0.4, -0.2) is 27.8 Å². The molecule has 2 rings (SSSR count). The number of esters is 1. The van der Waals surface area contributed by atoms with Crippen LogP contribution in [0.4, 0.5) is 5.82 Å². The summed E-state index contributed by atoms with van der Waals surface area (Å²) in [5.41, 5.74) is 2.25. The maximum atomic E-state index is 12.3. The van der Waals surface area contributed by atoms with Crippen LogP contribution in [0.25, 0.3) is 0 Å². The Morgan fingerprint density at radius 3 is 2.54 bits per heavy atom. The summed E-state index contributed by atoms with van der Waals surface area (Å²) in [7, 11) is 0. The first-order valence-electron chi connectivity index (χ1n) is 7.92. The Labute approximate surface area is 141 Å². The van der Waals surface area contributed by atoms with Crippen molar-refractivity contribution in [3.8, 4) is 0 Å². The van der Waals surface area contributed by atoms with E-state index < -0.39 is 18.0 Å². The SMILES string of the molecule is Cc1ccc(C)c(C(=O)OC(C)C(=O)Nc2ccnn2C(C)C)c1. The first-order valence-corrected chi connectivity index (χ1v) is 7.92. The molecule has 1 atom stereocenters. The molecule has 1 aromatic heterocycles. The molecule has 0 aliphatic rings. The largest absolute Gasteiger partial charge is 0.449 e. The third-order valence-corrected chi connectivity index (χ3v) is 3.68. The minimum Gasteiger partial charge on any atom is -0.449 e. The second-order valence-corrected chi connectivity index (χ2v) is 6.11. The molecule has 1 unspecified atom stereocenters.